The van der Waals surface area contributed by atoms with Gasteiger partial charge in [-0.25, -0.2) is 13.4 Å². The van der Waals surface area contributed by atoms with Crippen LogP contribution in [0.5, 0.6) is 0 Å². The van der Waals surface area contributed by atoms with E-state index in [1.54, 1.807) is 0 Å². The van der Waals surface area contributed by atoms with Crippen LogP contribution in [0.25, 0.3) is 0 Å². The van der Waals surface area contributed by atoms with E-state index in [2.05, 4.69) is 10.3 Å². The number of nitrogen functional groups attached to an aromatic ring is 1. The first kappa shape index (κ1) is 15.7. The number of rotatable bonds is 3. The van der Waals surface area contributed by atoms with Gasteiger partial charge in [0.05, 0.1) is 4.90 Å². The number of nitrogens with one attached hydrogen (secondary N) is 1. The summed E-state index contributed by atoms with van der Waals surface area (Å²) in [6.07, 6.45) is 1.09. The summed E-state index contributed by atoms with van der Waals surface area (Å²) in [6.45, 7) is 3.19. The first-order valence-electron chi connectivity index (χ1n) is 6.61. The summed E-state index contributed by atoms with van der Waals surface area (Å²) in [5, 5.41) is 1.83. The van der Waals surface area contributed by atoms with Crippen LogP contribution in [0.1, 0.15) is 10.4 Å². The molecule has 0 aliphatic carbocycles. The number of carbonyl (C=O) groups excluding carboxylic acids is 1. The Bertz CT molecular complexity index is 637. The van der Waals surface area contributed by atoms with Crippen LogP contribution in [0.15, 0.2) is 23.1 Å². The standard InChI is InChI=1S/C13H20N4O3S/c1-16-3-5-17(6-4-16)15-13(18)10-7-11(14)9-12(8-10)21(2,19)20/h7-9H,3-6,14H2,1-2H3,(H,15,18). The molecule has 0 bridgehead atoms. The molecular weight excluding hydrogens is 292 g/mol. The number of nitrogens with zero attached hydrogens (tertiary/aromatic N) is 2. The fourth-order valence-corrected chi connectivity index (χ4v) is 2.78. The van der Waals surface area contributed by atoms with E-state index in [1.165, 1.54) is 18.2 Å². The van der Waals surface area contributed by atoms with E-state index in [0.29, 0.717) is 0 Å². The van der Waals surface area contributed by atoms with E-state index < -0.39 is 9.84 Å². The fraction of sp³-hybridized carbons (Fsp3) is 0.462. The lowest BCUT2D eigenvalue weighted by atomic mass is 10.2. The predicted molar refractivity (Wildman–Crippen MR) is 80.5 cm³/mol. The van der Waals surface area contributed by atoms with Crippen LogP contribution < -0.4 is 11.2 Å². The molecule has 0 unspecified atom stereocenters. The molecule has 0 atom stereocenters. The number of amides is 1. The highest BCUT2D eigenvalue weighted by atomic mass is 32.2. The molecule has 1 saturated heterocycles. The molecule has 0 spiro atoms. The zero-order valence-corrected chi connectivity index (χ0v) is 13.0. The molecule has 0 saturated carbocycles. The van der Waals surface area contributed by atoms with Crippen molar-refractivity contribution in [1.29, 1.82) is 0 Å². The zero-order chi connectivity index (χ0) is 15.6. The Morgan fingerprint density at radius 3 is 2.38 bits per heavy atom. The van der Waals surface area contributed by atoms with Gasteiger partial charge >= 0.3 is 0 Å². The molecule has 1 fully saturated rings. The summed E-state index contributed by atoms with van der Waals surface area (Å²) in [7, 11) is -1.38. The van der Waals surface area contributed by atoms with Crippen molar-refractivity contribution in [3.63, 3.8) is 0 Å². The van der Waals surface area contributed by atoms with Gasteiger partial charge in [0, 0.05) is 43.7 Å². The van der Waals surface area contributed by atoms with Gasteiger partial charge in [-0.2, -0.15) is 0 Å². The van der Waals surface area contributed by atoms with Gasteiger partial charge in [0.2, 0.25) is 0 Å². The third kappa shape index (κ3) is 4.16. The van der Waals surface area contributed by atoms with Crippen molar-refractivity contribution in [3.05, 3.63) is 23.8 Å². The Kier molecular flexibility index (Phi) is 4.50. The smallest absolute Gasteiger partial charge is 0.265 e. The average molecular weight is 312 g/mol. The Labute approximate surface area is 124 Å². The second-order valence-electron chi connectivity index (χ2n) is 5.29. The lowest BCUT2D eigenvalue weighted by Gasteiger charge is -2.32. The summed E-state index contributed by atoms with van der Waals surface area (Å²) in [5.41, 5.74) is 8.96. The van der Waals surface area contributed by atoms with Gasteiger partial charge in [-0.3, -0.25) is 10.2 Å². The minimum atomic E-state index is -3.40. The van der Waals surface area contributed by atoms with E-state index >= 15 is 0 Å². The van der Waals surface area contributed by atoms with Gasteiger partial charge in [-0.05, 0) is 25.2 Å². The lowest BCUT2D eigenvalue weighted by Crippen LogP contribution is -2.52. The SMILES string of the molecule is CN1CCN(NC(=O)c2cc(N)cc(S(C)(=O)=O)c2)CC1. The number of hydrazine groups is 1. The van der Waals surface area contributed by atoms with Gasteiger partial charge in [0.15, 0.2) is 9.84 Å². The molecule has 7 nitrogen and oxygen atoms in total. The van der Waals surface area contributed by atoms with E-state index in [0.717, 1.165) is 32.4 Å². The van der Waals surface area contributed by atoms with Gasteiger partial charge in [-0.15, -0.1) is 0 Å². The Hall–Kier alpha value is -1.64. The maximum absolute atomic E-state index is 12.2. The third-order valence-electron chi connectivity index (χ3n) is 3.38. The van der Waals surface area contributed by atoms with Crippen LogP contribution in [-0.4, -0.2) is 63.7 Å². The minimum Gasteiger partial charge on any atom is -0.399 e. The first-order chi connectivity index (χ1) is 9.75. The second-order valence-corrected chi connectivity index (χ2v) is 7.31. The number of hydrogen-bond acceptors (Lipinski definition) is 6. The summed E-state index contributed by atoms with van der Waals surface area (Å²) in [6, 6.07) is 4.17. The highest BCUT2D eigenvalue weighted by Crippen LogP contribution is 2.17. The van der Waals surface area contributed by atoms with Crippen LogP contribution in [-0.2, 0) is 9.84 Å². The van der Waals surface area contributed by atoms with E-state index in [1.807, 2.05) is 12.1 Å². The summed E-state index contributed by atoms with van der Waals surface area (Å²) >= 11 is 0. The molecule has 1 heterocycles. The van der Waals surface area contributed by atoms with Crippen molar-refractivity contribution in [1.82, 2.24) is 15.3 Å². The van der Waals surface area contributed by atoms with Crippen molar-refractivity contribution in [2.45, 2.75) is 4.90 Å². The number of nitrogens with two attached hydrogens (primary N) is 1. The van der Waals surface area contributed by atoms with Crippen LogP contribution in [0.4, 0.5) is 5.69 Å². The zero-order valence-electron chi connectivity index (χ0n) is 12.2. The van der Waals surface area contributed by atoms with Crippen molar-refractivity contribution in [2.75, 3.05) is 45.2 Å². The van der Waals surface area contributed by atoms with Gasteiger partial charge in [0.1, 0.15) is 0 Å². The van der Waals surface area contributed by atoms with E-state index in [4.69, 9.17) is 5.73 Å². The van der Waals surface area contributed by atoms with E-state index in [9.17, 15) is 13.2 Å². The number of hydrogen-bond donors (Lipinski definition) is 2. The third-order valence-corrected chi connectivity index (χ3v) is 4.47. The van der Waals surface area contributed by atoms with Crippen molar-refractivity contribution in [2.24, 2.45) is 0 Å². The highest BCUT2D eigenvalue weighted by Gasteiger charge is 2.18. The number of carbonyl (C=O) groups is 1. The number of sulfone groups is 1. The Morgan fingerprint density at radius 1 is 1.19 bits per heavy atom. The fourth-order valence-electron chi connectivity index (χ4n) is 2.09. The maximum atomic E-state index is 12.2. The molecule has 1 aromatic carbocycles. The average Bonchev–Trinajstić information content (AvgIpc) is 2.39. The van der Waals surface area contributed by atoms with Gasteiger partial charge in [-0.1, -0.05) is 0 Å². The van der Waals surface area contributed by atoms with E-state index in [-0.39, 0.29) is 22.1 Å². The van der Waals surface area contributed by atoms with Crippen LogP contribution in [0, 0.1) is 0 Å². The normalized spacial score (nSPS) is 17.6. The van der Waals surface area contributed by atoms with Crippen molar-refractivity contribution in [3.8, 4) is 0 Å². The maximum Gasteiger partial charge on any atom is 0.265 e. The topological polar surface area (TPSA) is 95.7 Å². The number of anilines is 1. The Morgan fingerprint density at radius 2 is 1.81 bits per heavy atom. The molecule has 1 aromatic rings. The summed E-state index contributed by atoms with van der Waals surface area (Å²) < 4.78 is 23.2. The second kappa shape index (κ2) is 6.00. The molecule has 1 aliphatic rings. The predicted octanol–water partition coefficient (Wildman–Crippen LogP) is -0.435. The number of piperazine rings is 1. The monoisotopic (exact) mass is 312 g/mol. The molecular formula is C13H20N4O3S. The molecule has 3 N–H and O–H groups in total. The van der Waals surface area contributed by atoms with Gasteiger partial charge in [0.25, 0.3) is 5.91 Å². The Balaban J connectivity index is 2.14. The summed E-state index contributed by atoms with van der Waals surface area (Å²) in [5.74, 6) is -0.350. The molecule has 116 valence electrons. The van der Waals surface area contributed by atoms with Crippen molar-refractivity contribution >= 4 is 21.4 Å². The molecule has 1 amide bonds. The molecule has 8 heteroatoms. The highest BCUT2D eigenvalue weighted by molar-refractivity contribution is 7.90. The molecule has 2 rings (SSSR count). The quantitative estimate of drug-likeness (QED) is 0.735. The minimum absolute atomic E-state index is 0.0472. The van der Waals surface area contributed by atoms with Gasteiger partial charge < -0.3 is 10.6 Å². The van der Waals surface area contributed by atoms with Crippen LogP contribution in [0.2, 0.25) is 0 Å². The molecule has 0 aromatic heterocycles. The molecule has 0 radical (unpaired) electrons. The van der Waals surface area contributed by atoms with Crippen molar-refractivity contribution < 1.29 is 13.2 Å². The number of likely N-dealkylation sites (N-methyl/N-ethyl adjacent to an activating group) is 1. The molecule has 1 aliphatic heterocycles. The van der Waals surface area contributed by atoms with Crippen LogP contribution in [0.3, 0.4) is 0 Å². The number of benzene rings is 1. The van der Waals surface area contributed by atoms with Crippen LogP contribution >= 0.6 is 0 Å². The lowest BCUT2D eigenvalue weighted by molar-refractivity contribution is 0.0662. The molecule has 21 heavy (non-hydrogen) atoms. The first-order valence-corrected chi connectivity index (χ1v) is 8.50. The summed E-state index contributed by atoms with van der Waals surface area (Å²) in [4.78, 5) is 14.4. The largest absolute Gasteiger partial charge is 0.399 e.